The number of thiophene rings is 1. The number of rotatable bonds is 4. The minimum Gasteiger partial charge on any atom is -0.285 e. The van der Waals surface area contributed by atoms with Gasteiger partial charge in [-0.3, -0.25) is 4.40 Å². The van der Waals surface area contributed by atoms with E-state index >= 15 is 0 Å². The van der Waals surface area contributed by atoms with Crippen LogP contribution in [0.2, 0.25) is 0 Å². The number of sulfonamides is 1. The molecule has 0 bridgehead atoms. The number of fused-ring (bicyclic) bond motifs is 1. The van der Waals surface area contributed by atoms with Gasteiger partial charge in [-0.05, 0) is 31.2 Å². The SMILES string of the molecule is Cc1ccc(S(=O)(=O)NCc2nnc3ccccn23)s1. The molecule has 3 heterocycles. The van der Waals surface area contributed by atoms with Gasteiger partial charge in [0.25, 0.3) is 0 Å². The second kappa shape index (κ2) is 4.97. The first-order chi connectivity index (χ1) is 9.56. The van der Waals surface area contributed by atoms with Gasteiger partial charge in [-0.25, -0.2) is 13.1 Å². The van der Waals surface area contributed by atoms with Crippen LogP contribution in [-0.4, -0.2) is 23.0 Å². The summed E-state index contributed by atoms with van der Waals surface area (Å²) in [5, 5.41) is 7.96. The average molecular weight is 308 g/mol. The van der Waals surface area contributed by atoms with Crippen LogP contribution in [0.15, 0.2) is 40.7 Å². The number of aromatic nitrogens is 3. The number of hydrogen-bond acceptors (Lipinski definition) is 5. The van der Waals surface area contributed by atoms with Crippen LogP contribution >= 0.6 is 11.3 Å². The molecule has 0 radical (unpaired) electrons. The third kappa shape index (κ3) is 2.45. The Kier molecular flexibility index (Phi) is 3.28. The number of nitrogens with one attached hydrogen (secondary N) is 1. The molecule has 0 amide bonds. The number of hydrogen-bond donors (Lipinski definition) is 1. The summed E-state index contributed by atoms with van der Waals surface area (Å²) in [6.45, 7) is 1.97. The Morgan fingerprint density at radius 1 is 1.25 bits per heavy atom. The van der Waals surface area contributed by atoms with E-state index in [1.165, 1.54) is 11.3 Å². The van der Waals surface area contributed by atoms with Gasteiger partial charge < -0.3 is 0 Å². The van der Waals surface area contributed by atoms with E-state index in [4.69, 9.17) is 0 Å². The minimum atomic E-state index is -3.50. The zero-order valence-electron chi connectivity index (χ0n) is 10.6. The molecule has 0 atom stereocenters. The quantitative estimate of drug-likeness (QED) is 0.794. The van der Waals surface area contributed by atoms with Crippen molar-refractivity contribution in [2.75, 3.05) is 0 Å². The van der Waals surface area contributed by atoms with Crippen molar-refractivity contribution in [3.63, 3.8) is 0 Å². The smallest absolute Gasteiger partial charge is 0.250 e. The van der Waals surface area contributed by atoms with E-state index in [2.05, 4.69) is 14.9 Å². The molecular weight excluding hydrogens is 296 g/mol. The van der Waals surface area contributed by atoms with Gasteiger partial charge in [0.2, 0.25) is 10.0 Å². The third-order valence-corrected chi connectivity index (χ3v) is 5.68. The maximum absolute atomic E-state index is 12.1. The molecule has 0 aromatic carbocycles. The molecule has 8 heteroatoms. The molecule has 0 fully saturated rings. The standard InChI is InChI=1S/C12H12N4O2S2/c1-9-5-6-12(19-9)20(17,18)13-8-11-15-14-10-4-2-3-7-16(10)11/h2-7,13H,8H2,1H3. The number of nitrogens with zero attached hydrogens (tertiary/aromatic N) is 3. The molecule has 0 unspecified atom stereocenters. The van der Waals surface area contributed by atoms with Crippen molar-refractivity contribution >= 4 is 27.0 Å². The Balaban J connectivity index is 1.83. The number of pyridine rings is 1. The van der Waals surface area contributed by atoms with E-state index in [0.29, 0.717) is 15.7 Å². The normalized spacial score (nSPS) is 12.1. The van der Waals surface area contributed by atoms with Crippen LogP contribution in [0.4, 0.5) is 0 Å². The summed E-state index contributed by atoms with van der Waals surface area (Å²) in [6.07, 6.45) is 1.80. The van der Waals surface area contributed by atoms with Gasteiger partial charge in [-0.15, -0.1) is 21.5 Å². The van der Waals surface area contributed by atoms with Crippen LogP contribution in [0.5, 0.6) is 0 Å². The Labute approximate surface area is 120 Å². The molecule has 6 nitrogen and oxygen atoms in total. The van der Waals surface area contributed by atoms with Gasteiger partial charge in [0.1, 0.15) is 4.21 Å². The number of aryl methyl sites for hydroxylation is 1. The highest BCUT2D eigenvalue weighted by atomic mass is 32.2. The molecule has 0 saturated heterocycles. The van der Waals surface area contributed by atoms with Gasteiger partial charge in [0, 0.05) is 11.1 Å². The van der Waals surface area contributed by atoms with Crippen LogP contribution < -0.4 is 4.72 Å². The first-order valence-corrected chi connectivity index (χ1v) is 8.21. The van der Waals surface area contributed by atoms with Crippen LogP contribution in [0.25, 0.3) is 5.65 Å². The average Bonchev–Trinajstić information content (AvgIpc) is 3.03. The monoisotopic (exact) mass is 308 g/mol. The fourth-order valence-electron chi connectivity index (χ4n) is 1.80. The lowest BCUT2D eigenvalue weighted by atomic mass is 10.5. The summed E-state index contributed by atoms with van der Waals surface area (Å²) < 4.78 is 28.8. The molecule has 104 valence electrons. The van der Waals surface area contributed by atoms with Crippen molar-refractivity contribution in [2.24, 2.45) is 0 Å². The van der Waals surface area contributed by atoms with Crippen molar-refractivity contribution in [2.45, 2.75) is 17.7 Å². The molecule has 20 heavy (non-hydrogen) atoms. The highest BCUT2D eigenvalue weighted by Gasteiger charge is 2.17. The van der Waals surface area contributed by atoms with Crippen molar-refractivity contribution in [1.82, 2.24) is 19.3 Å². The lowest BCUT2D eigenvalue weighted by Gasteiger charge is -2.03. The zero-order valence-corrected chi connectivity index (χ0v) is 12.3. The van der Waals surface area contributed by atoms with Crippen LogP contribution in [0.3, 0.4) is 0 Å². The summed E-state index contributed by atoms with van der Waals surface area (Å²) in [5.74, 6) is 0.553. The largest absolute Gasteiger partial charge is 0.285 e. The fourth-order valence-corrected chi connectivity index (χ4v) is 4.11. The molecule has 3 aromatic rings. The first kappa shape index (κ1) is 13.2. The van der Waals surface area contributed by atoms with Gasteiger partial charge in [0.05, 0.1) is 6.54 Å². The van der Waals surface area contributed by atoms with Crippen molar-refractivity contribution in [1.29, 1.82) is 0 Å². The van der Waals surface area contributed by atoms with Crippen LogP contribution in [0, 0.1) is 6.92 Å². The predicted octanol–water partition coefficient (Wildman–Crippen LogP) is 1.58. The summed E-state index contributed by atoms with van der Waals surface area (Å²) >= 11 is 1.24. The van der Waals surface area contributed by atoms with Crippen LogP contribution in [-0.2, 0) is 16.6 Å². The molecule has 3 aromatic heterocycles. The van der Waals surface area contributed by atoms with Crippen molar-refractivity contribution in [3.05, 3.63) is 47.2 Å². The van der Waals surface area contributed by atoms with E-state index in [-0.39, 0.29) is 6.54 Å². The molecule has 1 N–H and O–H groups in total. The lowest BCUT2D eigenvalue weighted by Crippen LogP contribution is -2.23. The minimum absolute atomic E-state index is 0.102. The maximum atomic E-state index is 12.1. The highest BCUT2D eigenvalue weighted by molar-refractivity contribution is 7.91. The van der Waals surface area contributed by atoms with E-state index in [9.17, 15) is 8.42 Å². The summed E-state index contributed by atoms with van der Waals surface area (Å²) in [4.78, 5) is 0.957. The summed E-state index contributed by atoms with van der Waals surface area (Å²) in [5.41, 5.74) is 0.689. The first-order valence-electron chi connectivity index (χ1n) is 5.91. The molecule has 0 aliphatic heterocycles. The van der Waals surface area contributed by atoms with Crippen molar-refractivity contribution in [3.8, 4) is 0 Å². The Morgan fingerprint density at radius 3 is 2.85 bits per heavy atom. The summed E-state index contributed by atoms with van der Waals surface area (Å²) in [6, 6.07) is 8.90. The van der Waals surface area contributed by atoms with Crippen molar-refractivity contribution < 1.29 is 8.42 Å². The molecule has 0 saturated carbocycles. The van der Waals surface area contributed by atoms with Gasteiger partial charge in [-0.2, -0.15) is 0 Å². The third-order valence-electron chi connectivity index (χ3n) is 2.79. The Bertz CT molecular complexity index is 851. The molecule has 0 spiro atoms. The Hall–Kier alpha value is -1.77. The lowest BCUT2D eigenvalue weighted by molar-refractivity contribution is 0.581. The molecule has 0 aliphatic carbocycles. The van der Waals surface area contributed by atoms with E-state index in [1.807, 2.05) is 25.1 Å². The molecule has 3 rings (SSSR count). The second-order valence-electron chi connectivity index (χ2n) is 4.23. The van der Waals surface area contributed by atoms with E-state index in [0.717, 1.165) is 4.88 Å². The van der Waals surface area contributed by atoms with E-state index < -0.39 is 10.0 Å². The fraction of sp³-hybridized carbons (Fsp3) is 0.167. The molecule has 0 aliphatic rings. The summed E-state index contributed by atoms with van der Waals surface area (Å²) in [7, 11) is -3.50. The van der Waals surface area contributed by atoms with Gasteiger partial charge in [-0.1, -0.05) is 6.07 Å². The second-order valence-corrected chi connectivity index (χ2v) is 7.52. The molecular formula is C12H12N4O2S2. The zero-order chi connectivity index (χ0) is 14.2. The van der Waals surface area contributed by atoms with Gasteiger partial charge in [0.15, 0.2) is 11.5 Å². The van der Waals surface area contributed by atoms with E-state index in [1.54, 1.807) is 22.7 Å². The van der Waals surface area contributed by atoms with Gasteiger partial charge >= 0.3 is 0 Å². The Morgan fingerprint density at radius 2 is 2.10 bits per heavy atom. The topological polar surface area (TPSA) is 76.4 Å². The predicted molar refractivity (Wildman–Crippen MR) is 76.1 cm³/mol. The highest BCUT2D eigenvalue weighted by Crippen LogP contribution is 2.20. The maximum Gasteiger partial charge on any atom is 0.250 e. The van der Waals surface area contributed by atoms with Crippen LogP contribution in [0.1, 0.15) is 10.7 Å².